The fraction of sp³-hybridized carbons (Fsp3) is 0.400. The van der Waals surface area contributed by atoms with Crippen LogP contribution in [-0.2, 0) is 4.79 Å². The molecule has 4 nitrogen and oxygen atoms in total. The van der Waals surface area contributed by atoms with Gasteiger partial charge in [0.2, 0.25) is 0 Å². The molecule has 0 rings (SSSR count). The number of hydrogen-bond donors (Lipinski definition) is 3. The van der Waals surface area contributed by atoms with Crippen LogP contribution in [0.3, 0.4) is 0 Å². The van der Waals surface area contributed by atoms with Crippen LogP contribution in [0.2, 0.25) is 0 Å². The lowest BCUT2D eigenvalue weighted by Crippen LogP contribution is -2.26. The molecule has 0 bridgehead atoms. The number of carbonyl (C=O) groups is 1. The Morgan fingerprint density at radius 1 is 1.56 bits per heavy atom. The summed E-state index contributed by atoms with van der Waals surface area (Å²) in [7, 11) is 0. The molecule has 52 valence electrons. The van der Waals surface area contributed by atoms with Gasteiger partial charge in [-0.2, -0.15) is 0 Å². The summed E-state index contributed by atoms with van der Waals surface area (Å²) >= 11 is 0. The molecule has 0 fully saturated rings. The van der Waals surface area contributed by atoms with Gasteiger partial charge >= 0.3 is 0 Å². The van der Waals surface area contributed by atoms with Crippen molar-refractivity contribution in [3.63, 3.8) is 0 Å². The number of rotatable bonds is 3. The highest BCUT2D eigenvalue weighted by molar-refractivity contribution is 5.92. The molecule has 0 aromatic rings. The molecule has 0 saturated heterocycles. The minimum atomic E-state index is -0.528. The number of amides is 1. The van der Waals surface area contributed by atoms with E-state index in [0.29, 0.717) is 0 Å². The monoisotopic (exact) mass is 131 g/mol. The predicted octanol–water partition coefficient (Wildman–Crippen LogP) is -1.40. The van der Waals surface area contributed by atoms with Crippen molar-refractivity contribution in [3.05, 3.63) is 12.2 Å². The normalized spacial score (nSPS) is 8.67. The Hall–Kier alpha value is -0.870. The third kappa shape index (κ3) is 2.84. The van der Waals surface area contributed by atoms with E-state index < -0.39 is 12.6 Å². The minimum Gasteiger partial charge on any atom is -0.391 e. The first-order valence-corrected chi connectivity index (χ1v) is 2.40. The summed E-state index contributed by atoms with van der Waals surface area (Å²) < 4.78 is 0. The van der Waals surface area contributed by atoms with Gasteiger partial charge in [0.1, 0.15) is 6.73 Å². The largest absolute Gasteiger partial charge is 0.391 e. The van der Waals surface area contributed by atoms with Crippen molar-refractivity contribution in [1.82, 2.24) is 5.32 Å². The lowest BCUT2D eigenvalue weighted by molar-refractivity contribution is -0.118. The number of aliphatic hydroxyl groups is 2. The van der Waals surface area contributed by atoms with Crippen LogP contribution < -0.4 is 5.32 Å². The van der Waals surface area contributed by atoms with Gasteiger partial charge in [0.25, 0.3) is 5.91 Å². The molecule has 3 N–H and O–H groups in total. The molecule has 0 heterocycles. The molecule has 4 heteroatoms. The van der Waals surface area contributed by atoms with Crippen LogP contribution in [0.25, 0.3) is 0 Å². The molecular weight excluding hydrogens is 122 g/mol. The van der Waals surface area contributed by atoms with Gasteiger partial charge in [0.15, 0.2) is 0 Å². The van der Waals surface area contributed by atoms with Gasteiger partial charge in [-0.25, -0.2) is 0 Å². The third-order valence-electron chi connectivity index (χ3n) is 0.752. The molecule has 9 heavy (non-hydrogen) atoms. The van der Waals surface area contributed by atoms with Gasteiger partial charge in [-0.1, -0.05) is 6.58 Å². The van der Waals surface area contributed by atoms with Gasteiger partial charge in [-0.3, -0.25) is 4.79 Å². The van der Waals surface area contributed by atoms with Crippen LogP contribution in [0.5, 0.6) is 0 Å². The molecular formula is C5H9NO3. The fourth-order valence-corrected chi connectivity index (χ4v) is 0.269. The van der Waals surface area contributed by atoms with Crippen LogP contribution in [0, 0.1) is 0 Å². The summed E-state index contributed by atoms with van der Waals surface area (Å²) in [6.07, 6.45) is 0. The zero-order valence-electron chi connectivity index (χ0n) is 4.92. The molecule has 0 spiro atoms. The van der Waals surface area contributed by atoms with Crippen molar-refractivity contribution in [2.45, 2.75) is 0 Å². The molecule has 0 saturated carbocycles. The van der Waals surface area contributed by atoms with Crippen molar-refractivity contribution in [1.29, 1.82) is 0 Å². The van der Waals surface area contributed by atoms with Crippen molar-refractivity contribution < 1.29 is 15.0 Å². The van der Waals surface area contributed by atoms with Gasteiger partial charge < -0.3 is 15.5 Å². The van der Waals surface area contributed by atoms with Gasteiger partial charge in [-0.05, 0) is 0 Å². The van der Waals surface area contributed by atoms with Crippen molar-refractivity contribution in [2.24, 2.45) is 0 Å². The number of aliphatic hydroxyl groups excluding tert-OH is 2. The van der Waals surface area contributed by atoms with Crippen molar-refractivity contribution in [3.8, 4) is 0 Å². The van der Waals surface area contributed by atoms with Gasteiger partial charge in [-0.15, -0.1) is 0 Å². The lowest BCUT2D eigenvalue weighted by Gasteiger charge is -1.99. The van der Waals surface area contributed by atoms with Crippen LogP contribution in [-0.4, -0.2) is 29.5 Å². The molecule has 0 aromatic carbocycles. The number of hydrogen-bond acceptors (Lipinski definition) is 3. The molecule has 0 radical (unpaired) electrons. The zero-order valence-corrected chi connectivity index (χ0v) is 4.92. The summed E-state index contributed by atoms with van der Waals surface area (Å²) in [5.74, 6) is -0.528. The maximum Gasteiger partial charge on any atom is 0.250 e. The molecule has 0 aliphatic heterocycles. The maximum atomic E-state index is 10.4. The van der Waals surface area contributed by atoms with Gasteiger partial charge in [0.05, 0.1) is 6.61 Å². The van der Waals surface area contributed by atoms with E-state index in [9.17, 15) is 4.79 Å². The molecule has 0 aromatic heterocycles. The Morgan fingerprint density at radius 3 is 2.44 bits per heavy atom. The SMILES string of the molecule is C=C(CO)C(=O)NCO. The quantitative estimate of drug-likeness (QED) is 0.326. The second kappa shape index (κ2) is 4.05. The van der Waals surface area contributed by atoms with Crippen LogP contribution >= 0.6 is 0 Å². The Bertz CT molecular complexity index is 121. The number of nitrogens with one attached hydrogen (secondary N) is 1. The van der Waals surface area contributed by atoms with Crippen LogP contribution in [0.4, 0.5) is 0 Å². The molecule has 0 unspecified atom stereocenters. The van der Waals surface area contributed by atoms with E-state index in [1.165, 1.54) is 0 Å². The average Bonchev–Trinajstić information content (AvgIpc) is 1.87. The van der Waals surface area contributed by atoms with E-state index in [0.717, 1.165) is 0 Å². The topological polar surface area (TPSA) is 69.6 Å². The van der Waals surface area contributed by atoms with E-state index in [1.54, 1.807) is 0 Å². The lowest BCUT2D eigenvalue weighted by atomic mass is 10.3. The first-order chi connectivity index (χ1) is 4.22. The summed E-state index contributed by atoms with van der Waals surface area (Å²) in [6, 6.07) is 0. The fourth-order valence-electron chi connectivity index (χ4n) is 0.269. The van der Waals surface area contributed by atoms with E-state index in [4.69, 9.17) is 10.2 Å². The predicted molar refractivity (Wildman–Crippen MR) is 31.5 cm³/mol. The smallest absolute Gasteiger partial charge is 0.250 e. The van der Waals surface area contributed by atoms with Crippen molar-refractivity contribution in [2.75, 3.05) is 13.3 Å². The van der Waals surface area contributed by atoms with E-state index in [2.05, 4.69) is 11.9 Å². The first kappa shape index (κ1) is 8.13. The maximum absolute atomic E-state index is 10.4. The molecule has 0 atom stereocenters. The average molecular weight is 131 g/mol. The standard InChI is InChI=1S/C5H9NO3/c1-4(2-7)5(9)6-3-8/h7-8H,1-3H2,(H,6,9). The summed E-state index contributed by atoms with van der Waals surface area (Å²) in [4.78, 5) is 10.4. The Labute approximate surface area is 52.8 Å². The highest BCUT2D eigenvalue weighted by atomic mass is 16.3. The third-order valence-corrected chi connectivity index (χ3v) is 0.752. The van der Waals surface area contributed by atoms with Gasteiger partial charge in [0, 0.05) is 5.57 Å². The van der Waals surface area contributed by atoms with Crippen LogP contribution in [0.1, 0.15) is 0 Å². The highest BCUT2D eigenvalue weighted by Gasteiger charge is 2.01. The van der Waals surface area contributed by atoms with E-state index >= 15 is 0 Å². The zero-order chi connectivity index (χ0) is 7.28. The second-order valence-electron chi connectivity index (χ2n) is 1.43. The number of carbonyl (C=O) groups excluding carboxylic acids is 1. The summed E-state index contributed by atoms with van der Waals surface area (Å²) in [5.41, 5.74) is 0.0454. The summed E-state index contributed by atoms with van der Waals surface area (Å²) in [5, 5.41) is 18.5. The van der Waals surface area contributed by atoms with E-state index in [1.807, 2.05) is 0 Å². The Kier molecular flexibility index (Phi) is 3.66. The molecule has 0 aliphatic rings. The molecule has 1 amide bonds. The first-order valence-electron chi connectivity index (χ1n) is 2.40. The Balaban J connectivity index is 3.60. The van der Waals surface area contributed by atoms with E-state index in [-0.39, 0.29) is 12.2 Å². The minimum absolute atomic E-state index is 0.0454. The Morgan fingerprint density at radius 2 is 2.11 bits per heavy atom. The van der Waals surface area contributed by atoms with Crippen LogP contribution in [0.15, 0.2) is 12.2 Å². The second-order valence-corrected chi connectivity index (χ2v) is 1.43. The van der Waals surface area contributed by atoms with Crippen molar-refractivity contribution >= 4 is 5.91 Å². The highest BCUT2D eigenvalue weighted by Crippen LogP contribution is 1.84. The molecule has 0 aliphatic carbocycles. The summed E-state index contributed by atoms with van der Waals surface area (Å²) in [6.45, 7) is 2.40.